The van der Waals surface area contributed by atoms with Crippen molar-refractivity contribution in [1.82, 2.24) is 0 Å². The van der Waals surface area contributed by atoms with Gasteiger partial charge in [0.15, 0.2) is 17.4 Å². The van der Waals surface area contributed by atoms with Gasteiger partial charge in [-0.15, -0.1) is 0 Å². The molecule has 7 atom stereocenters. The molecule has 1 saturated heterocycles. The van der Waals surface area contributed by atoms with Gasteiger partial charge in [-0.05, 0) is 81.1 Å². The van der Waals surface area contributed by atoms with E-state index in [1.807, 2.05) is 43.3 Å². The van der Waals surface area contributed by atoms with E-state index in [1.54, 1.807) is 0 Å². The van der Waals surface area contributed by atoms with Crippen molar-refractivity contribution in [2.75, 3.05) is 6.61 Å². The van der Waals surface area contributed by atoms with Crippen LogP contribution in [0.15, 0.2) is 42.0 Å². The second-order valence-electron chi connectivity index (χ2n) is 11.9. The van der Waals surface area contributed by atoms with Gasteiger partial charge in [0.1, 0.15) is 12.2 Å². The van der Waals surface area contributed by atoms with Crippen molar-refractivity contribution < 1.29 is 19.1 Å². The van der Waals surface area contributed by atoms with Crippen LogP contribution in [-0.4, -0.2) is 23.8 Å². The van der Waals surface area contributed by atoms with Crippen LogP contribution >= 0.6 is 0 Å². The van der Waals surface area contributed by atoms with Crippen molar-refractivity contribution in [3.63, 3.8) is 0 Å². The highest BCUT2D eigenvalue weighted by atomic mass is 16.7. The number of fused-ring (bicyclic) bond motifs is 6. The van der Waals surface area contributed by atoms with Crippen molar-refractivity contribution in [3.8, 4) is 0 Å². The Labute approximate surface area is 197 Å². The van der Waals surface area contributed by atoms with Crippen LogP contribution in [0, 0.1) is 28.6 Å². The molecule has 3 saturated carbocycles. The minimum Gasteiger partial charge on any atom is -0.338 e. The third-order valence-electron chi connectivity index (χ3n) is 10.7. The number of hydrogen-bond acceptors (Lipinski definition) is 4. The lowest BCUT2D eigenvalue weighted by Gasteiger charge is -2.60. The van der Waals surface area contributed by atoms with E-state index in [-0.39, 0.29) is 23.2 Å². The first-order valence-electron chi connectivity index (χ1n) is 12.9. The molecule has 4 nitrogen and oxygen atoms in total. The number of Topliss-reactive ketones (excluding diaryl/α,β-unsaturated/α-hetero) is 1. The predicted octanol–water partition coefficient (Wildman–Crippen LogP) is 5.75. The zero-order valence-electron chi connectivity index (χ0n) is 20.2. The summed E-state index contributed by atoms with van der Waals surface area (Å²) in [7, 11) is 0. The molecule has 0 amide bonds. The van der Waals surface area contributed by atoms with Crippen LogP contribution in [0.1, 0.15) is 77.7 Å². The number of allylic oxidation sites excluding steroid dienone is 1. The van der Waals surface area contributed by atoms with Crippen LogP contribution in [0.4, 0.5) is 0 Å². The second kappa shape index (κ2) is 7.11. The minimum atomic E-state index is -0.901. The van der Waals surface area contributed by atoms with Crippen LogP contribution in [0.25, 0.3) is 0 Å². The SMILES string of the molecule is CC1(c2ccccc2)OCC(=O)C2(CCC3C4CCC5=CC(=O)CC[C@]5(C)C4CC[C@@]32C)O1. The Morgan fingerprint density at radius 3 is 2.42 bits per heavy atom. The molecule has 4 fully saturated rings. The van der Waals surface area contributed by atoms with Gasteiger partial charge < -0.3 is 9.47 Å². The molecule has 1 heterocycles. The van der Waals surface area contributed by atoms with Gasteiger partial charge in [0.05, 0.1) is 0 Å². The van der Waals surface area contributed by atoms with E-state index < -0.39 is 11.4 Å². The van der Waals surface area contributed by atoms with E-state index in [0.717, 1.165) is 50.5 Å². The number of rotatable bonds is 1. The molecule has 176 valence electrons. The van der Waals surface area contributed by atoms with Gasteiger partial charge in [-0.1, -0.05) is 49.8 Å². The molecule has 1 aromatic rings. The first-order chi connectivity index (χ1) is 15.7. The summed E-state index contributed by atoms with van der Waals surface area (Å²) in [5.41, 5.74) is 1.57. The van der Waals surface area contributed by atoms with Gasteiger partial charge >= 0.3 is 0 Å². The fourth-order valence-corrected chi connectivity index (χ4v) is 8.81. The van der Waals surface area contributed by atoms with Crippen molar-refractivity contribution in [3.05, 3.63) is 47.5 Å². The minimum absolute atomic E-state index is 0.120. The Morgan fingerprint density at radius 1 is 0.879 bits per heavy atom. The quantitative estimate of drug-likeness (QED) is 0.549. The summed E-state index contributed by atoms with van der Waals surface area (Å²) in [6.07, 6.45) is 9.76. The van der Waals surface area contributed by atoms with Crippen LogP contribution in [0.2, 0.25) is 0 Å². The first-order valence-corrected chi connectivity index (χ1v) is 12.9. The van der Waals surface area contributed by atoms with Gasteiger partial charge in [-0.2, -0.15) is 0 Å². The summed E-state index contributed by atoms with van der Waals surface area (Å²) in [4.78, 5) is 25.7. The summed E-state index contributed by atoms with van der Waals surface area (Å²) in [6, 6.07) is 10.1. The zero-order valence-corrected chi connectivity index (χ0v) is 20.2. The van der Waals surface area contributed by atoms with Crippen LogP contribution < -0.4 is 0 Å². The first kappa shape index (κ1) is 21.7. The molecule has 33 heavy (non-hydrogen) atoms. The number of carbonyl (C=O) groups excluding carboxylic acids is 2. The third kappa shape index (κ3) is 2.83. The largest absolute Gasteiger partial charge is 0.338 e. The van der Waals surface area contributed by atoms with Gasteiger partial charge in [-0.25, -0.2) is 0 Å². The Bertz CT molecular complexity index is 1030. The van der Waals surface area contributed by atoms with Crippen LogP contribution in [-0.2, 0) is 24.8 Å². The highest BCUT2D eigenvalue weighted by molar-refractivity contribution is 5.92. The number of ether oxygens (including phenoxy) is 2. The number of benzene rings is 1. The van der Waals surface area contributed by atoms with E-state index in [0.29, 0.717) is 30.0 Å². The Kier molecular flexibility index (Phi) is 4.69. The van der Waals surface area contributed by atoms with E-state index in [2.05, 4.69) is 13.8 Å². The molecule has 4 aliphatic carbocycles. The van der Waals surface area contributed by atoms with Crippen molar-refractivity contribution in [1.29, 1.82) is 0 Å². The second-order valence-corrected chi connectivity index (χ2v) is 11.9. The normalized spacial score (nSPS) is 47.0. The summed E-state index contributed by atoms with van der Waals surface area (Å²) < 4.78 is 13.0. The average Bonchev–Trinajstić information content (AvgIpc) is 3.10. The fraction of sp³-hybridized carbons (Fsp3) is 0.655. The predicted molar refractivity (Wildman–Crippen MR) is 125 cm³/mol. The molecule has 5 aliphatic rings. The molecule has 1 aliphatic heterocycles. The van der Waals surface area contributed by atoms with Gasteiger partial charge in [-0.3, -0.25) is 9.59 Å². The maximum atomic E-state index is 13.6. The molecule has 0 bridgehead atoms. The van der Waals surface area contributed by atoms with E-state index in [4.69, 9.17) is 9.47 Å². The van der Waals surface area contributed by atoms with Crippen molar-refractivity contribution in [2.24, 2.45) is 28.6 Å². The van der Waals surface area contributed by atoms with Crippen LogP contribution in [0.3, 0.4) is 0 Å². The lowest BCUT2D eigenvalue weighted by Crippen LogP contribution is -2.64. The summed E-state index contributed by atoms with van der Waals surface area (Å²) in [5.74, 6) is 1.22. The lowest BCUT2D eigenvalue weighted by atomic mass is 9.46. The molecule has 6 rings (SSSR count). The van der Waals surface area contributed by atoms with Crippen molar-refractivity contribution in [2.45, 2.75) is 83.5 Å². The summed E-state index contributed by atoms with van der Waals surface area (Å²) in [6.45, 7) is 6.86. The smallest absolute Gasteiger partial charge is 0.193 e. The topological polar surface area (TPSA) is 52.6 Å². The maximum Gasteiger partial charge on any atom is 0.193 e. The molecular weight excluding hydrogens is 412 g/mol. The summed E-state index contributed by atoms with van der Waals surface area (Å²) in [5, 5.41) is 0. The number of carbonyl (C=O) groups is 2. The highest BCUT2D eigenvalue weighted by Gasteiger charge is 2.70. The molecule has 5 unspecified atom stereocenters. The van der Waals surface area contributed by atoms with Crippen LogP contribution in [0.5, 0.6) is 0 Å². The number of ketones is 2. The van der Waals surface area contributed by atoms with E-state index in [1.165, 1.54) is 5.57 Å². The highest BCUT2D eigenvalue weighted by Crippen LogP contribution is 2.69. The molecule has 0 radical (unpaired) electrons. The van der Waals surface area contributed by atoms with E-state index >= 15 is 0 Å². The standard InChI is InChI=1S/C29H36O4/c1-26-14-11-21(30)17-20(26)9-10-22-23(26)12-15-27(2)24(22)13-16-29(27)25(31)18-32-28(3,33-29)19-7-5-4-6-8-19/h4-8,17,22-24H,9-16,18H2,1-3H3/t22?,23?,24?,26-,27-,28?,29?/m0/s1. The molecule has 0 N–H and O–H groups in total. The van der Waals surface area contributed by atoms with Gasteiger partial charge in [0, 0.05) is 17.4 Å². The van der Waals surface area contributed by atoms with E-state index in [9.17, 15) is 9.59 Å². The maximum absolute atomic E-state index is 13.6. The average molecular weight is 449 g/mol. The molecular formula is C29H36O4. The lowest BCUT2D eigenvalue weighted by molar-refractivity contribution is -0.328. The Balaban J connectivity index is 1.35. The summed E-state index contributed by atoms with van der Waals surface area (Å²) >= 11 is 0. The zero-order chi connectivity index (χ0) is 23.1. The van der Waals surface area contributed by atoms with Crippen molar-refractivity contribution >= 4 is 11.6 Å². The molecule has 4 heteroatoms. The van der Waals surface area contributed by atoms with Gasteiger partial charge in [0.2, 0.25) is 0 Å². The van der Waals surface area contributed by atoms with Gasteiger partial charge in [0.25, 0.3) is 0 Å². The molecule has 1 aromatic carbocycles. The monoisotopic (exact) mass is 448 g/mol. The molecule has 0 aromatic heterocycles. The fourth-order valence-electron chi connectivity index (χ4n) is 8.81. The Hall–Kier alpha value is -1.78. The number of hydrogen-bond donors (Lipinski definition) is 0. The molecule has 1 spiro atoms. The Morgan fingerprint density at radius 2 is 1.64 bits per heavy atom. The third-order valence-corrected chi connectivity index (χ3v) is 10.7.